The standard InChI is InChI=1S/C15H22BrN3O/c1-15(2)8-11(7-12(20)9-15)14-13(16)10-17-19(14)6-5-18(3)4/h7,10H,5-6,8-9H2,1-4H3. The lowest BCUT2D eigenvalue weighted by Crippen LogP contribution is -2.24. The molecule has 20 heavy (non-hydrogen) atoms. The molecule has 0 aliphatic heterocycles. The first-order chi connectivity index (χ1) is 9.28. The zero-order valence-corrected chi connectivity index (χ0v) is 14.2. The number of hydrogen-bond donors (Lipinski definition) is 0. The molecule has 2 rings (SSSR count). The average molecular weight is 340 g/mol. The summed E-state index contributed by atoms with van der Waals surface area (Å²) in [5.74, 6) is 0.212. The van der Waals surface area contributed by atoms with Crippen molar-refractivity contribution in [3.63, 3.8) is 0 Å². The Hall–Kier alpha value is -0.940. The van der Waals surface area contributed by atoms with Gasteiger partial charge < -0.3 is 4.90 Å². The molecule has 5 heteroatoms. The van der Waals surface area contributed by atoms with Crippen LogP contribution in [0.2, 0.25) is 0 Å². The zero-order chi connectivity index (χ0) is 14.9. The van der Waals surface area contributed by atoms with E-state index in [1.54, 1.807) is 6.08 Å². The number of aromatic nitrogens is 2. The molecule has 0 atom stereocenters. The van der Waals surface area contributed by atoms with Crippen LogP contribution < -0.4 is 0 Å². The molecule has 0 amide bonds. The normalized spacial score (nSPS) is 18.5. The highest BCUT2D eigenvalue weighted by Gasteiger charge is 2.30. The predicted octanol–water partition coefficient (Wildman–Crippen LogP) is 2.98. The first kappa shape index (κ1) is 15.4. The fraction of sp³-hybridized carbons (Fsp3) is 0.600. The topological polar surface area (TPSA) is 38.1 Å². The van der Waals surface area contributed by atoms with Crippen molar-refractivity contribution >= 4 is 27.3 Å². The minimum absolute atomic E-state index is 0.0251. The summed E-state index contributed by atoms with van der Waals surface area (Å²) in [6.45, 7) is 6.03. The van der Waals surface area contributed by atoms with Gasteiger partial charge in [0.05, 0.1) is 22.9 Å². The monoisotopic (exact) mass is 339 g/mol. The van der Waals surface area contributed by atoms with Crippen LogP contribution in [0.25, 0.3) is 5.57 Å². The molecule has 0 aromatic carbocycles. The molecule has 0 saturated heterocycles. The van der Waals surface area contributed by atoms with Gasteiger partial charge in [0.2, 0.25) is 0 Å². The molecule has 4 nitrogen and oxygen atoms in total. The zero-order valence-electron chi connectivity index (χ0n) is 12.6. The molecular weight excluding hydrogens is 318 g/mol. The van der Waals surface area contributed by atoms with Crippen LogP contribution in [0.4, 0.5) is 0 Å². The number of allylic oxidation sites excluding steroid dienone is 2. The Morgan fingerprint density at radius 2 is 2.10 bits per heavy atom. The third-order valence-electron chi connectivity index (χ3n) is 3.51. The van der Waals surface area contributed by atoms with Gasteiger partial charge in [-0.2, -0.15) is 5.10 Å². The van der Waals surface area contributed by atoms with E-state index < -0.39 is 0 Å². The van der Waals surface area contributed by atoms with Crippen molar-refractivity contribution in [2.45, 2.75) is 33.2 Å². The first-order valence-corrected chi connectivity index (χ1v) is 7.68. The summed E-state index contributed by atoms with van der Waals surface area (Å²) in [5, 5.41) is 4.43. The highest BCUT2D eigenvalue weighted by atomic mass is 79.9. The van der Waals surface area contributed by atoms with E-state index in [0.717, 1.165) is 35.3 Å². The lowest BCUT2D eigenvalue weighted by molar-refractivity contribution is -0.116. The molecule has 0 unspecified atom stereocenters. The Morgan fingerprint density at radius 1 is 1.40 bits per heavy atom. The van der Waals surface area contributed by atoms with Crippen LogP contribution in [-0.4, -0.2) is 41.1 Å². The average Bonchev–Trinajstić information content (AvgIpc) is 2.65. The lowest BCUT2D eigenvalue weighted by Gasteiger charge is -2.29. The van der Waals surface area contributed by atoms with Gasteiger partial charge in [-0.05, 0) is 53.5 Å². The molecule has 0 fully saturated rings. The van der Waals surface area contributed by atoms with E-state index in [4.69, 9.17) is 0 Å². The molecule has 1 heterocycles. The molecule has 1 aromatic heterocycles. The van der Waals surface area contributed by atoms with E-state index in [1.807, 2.05) is 25.0 Å². The van der Waals surface area contributed by atoms with Gasteiger partial charge in [0.25, 0.3) is 0 Å². The maximum Gasteiger partial charge on any atom is 0.156 e. The lowest BCUT2D eigenvalue weighted by atomic mass is 9.76. The van der Waals surface area contributed by atoms with Gasteiger partial charge in [-0.15, -0.1) is 0 Å². The van der Waals surface area contributed by atoms with Crippen LogP contribution in [0, 0.1) is 5.41 Å². The molecule has 1 aliphatic rings. The predicted molar refractivity (Wildman–Crippen MR) is 84.5 cm³/mol. The van der Waals surface area contributed by atoms with Crippen LogP contribution in [0.15, 0.2) is 16.7 Å². The number of carbonyl (C=O) groups is 1. The molecule has 0 radical (unpaired) electrons. The van der Waals surface area contributed by atoms with Crippen LogP contribution >= 0.6 is 15.9 Å². The highest BCUT2D eigenvalue weighted by molar-refractivity contribution is 9.10. The smallest absolute Gasteiger partial charge is 0.156 e. The summed E-state index contributed by atoms with van der Waals surface area (Å²) in [5.41, 5.74) is 2.17. The molecule has 0 bridgehead atoms. The van der Waals surface area contributed by atoms with Gasteiger partial charge in [-0.3, -0.25) is 9.48 Å². The van der Waals surface area contributed by atoms with Crippen molar-refractivity contribution in [1.29, 1.82) is 0 Å². The van der Waals surface area contributed by atoms with E-state index in [2.05, 4.69) is 39.8 Å². The first-order valence-electron chi connectivity index (χ1n) is 6.88. The summed E-state index contributed by atoms with van der Waals surface area (Å²) in [7, 11) is 4.09. The Morgan fingerprint density at radius 3 is 2.70 bits per heavy atom. The summed E-state index contributed by atoms with van der Waals surface area (Å²) in [6, 6.07) is 0. The minimum atomic E-state index is 0.0251. The Labute approximate surface area is 129 Å². The Bertz CT molecular complexity index is 543. The van der Waals surface area contributed by atoms with Crippen molar-refractivity contribution < 1.29 is 4.79 Å². The third kappa shape index (κ3) is 3.58. The Balaban J connectivity index is 2.32. The molecule has 0 saturated carbocycles. The highest BCUT2D eigenvalue weighted by Crippen LogP contribution is 2.39. The summed E-state index contributed by atoms with van der Waals surface area (Å²) in [4.78, 5) is 14.1. The molecule has 110 valence electrons. The van der Waals surface area contributed by atoms with E-state index in [1.165, 1.54) is 0 Å². The van der Waals surface area contributed by atoms with E-state index >= 15 is 0 Å². The maximum atomic E-state index is 11.9. The second kappa shape index (κ2) is 5.82. The fourth-order valence-electron chi connectivity index (χ4n) is 2.64. The van der Waals surface area contributed by atoms with Crippen molar-refractivity contribution in [1.82, 2.24) is 14.7 Å². The van der Waals surface area contributed by atoms with Gasteiger partial charge in [0.15, 0.2) is 5.78 Å². The molecule has 0 spiro atoms. The number of rotatable bonds is 4. The Kier molecular flexibility index (Phi) is 4.49. The van der Waals surface area contributed by atoms with Gasteiger partial charge in [0.1, 0.15) is 0 Å². The molecular formula is C15H22BrN3O. The maximum absolute atomic E-state index is 11.9. The van der Waals surface area contributed by atoms with Crippen LogP contribution in [0.1, 0.15) is 32.4 Å². The summed E-state index contributed by atoms with van der Waals surface area (Å²) >= 11 is 3.57. The number of hydrogen-bond acceptors (Lipinski definition) is 3. The van der Waals surface area contributed by atoms with E-state index in [-0.39, 0.29) is 11.2 Å². The number of likely N-dealkylation sites (N-methyl/N-ethyl adjacent to an activating group) is 1. The second-order valence-electron chi connectivity index (χ2n) is 6.52. The van der Waals surface area contributed by atoms with Crippen molar-refractivity contribution in [3.05, 3.63) is 22.4 Å². The van der Waals surface area contributed by atoms with E-state index in [9.17, 15) is 4.79 Å². The second-order valence-corrected chi connectivity index (χ2v) is 7.38. The van der Waals surface area contributed by atoms with Crippen molar-refractivity contribution in [3.8, 4) is 0 Å². The van der Waals surface area contributed by atoms with Crippen molar-refractivity contribution in [2.75, 3.05) is 20.6 Å². The minimum Gasteiger partial charge on any atom is -0.308 e. The largest absolute Gasteiger partial charge is 0.308 e. The number of carbonyl (C=O) groups excluding carboxylic acids is 1. The third-order valence-corrected chi connectivity index (χ3v) is 4.10. The quantitative estimate of drug-likeness (QED) is 0.846. The van der Waals surface area contributed by atoms with Gasteiger partial charge in [-0.1, -0.05) is 13.8 Å². The molecule has 0 N–H and O–H groups in total. The van der Waals surface area contributed by atoms with Gasteiger partial charge in [-0.25, -0.2) is 0 Å². The van der Waals surface area contributed by atoms with Crippen LogP contribution in [-0.2, 0) is 11.3 Å². The van der Waals surface area contributed by atoms with Crippen molar-refractivity contribution in [2.24, 2.45) is 5.41 Å². The SMILES string of the molecule is CN(C)CCn1ncc(Br)c1C1=CC(=O)CC(C)(C)C1. The number of halogens is 1. The molecule has 1 aromatic rings. The molecule has 1 aliphatic carbocycles. The number of ketones is 1. The van der Waals surface area contributed by atoms with Crippen LogP contribution in [0.3, 0.4) is 0 Å². The van der Waals surface area contributed by atoms with E-state index in [0.29, 0.717) is 6.42 Å². The summed E-state index contributed by atoms with van der Waals surface area (Å²) < 4.78 is 2.96. The fourth-order valence-corrected chi connectivity index (χ4v) is 3.20. The summed E-state index contributed by atoms with van der Waals surface area (Å²) in [6.07, 6.45) is 5.14. The number of nitrogens with zero attached hydrogens (tertiary/aromatic N) is 3. The van der Waals surface area contributed by atoms with Gasteiger partial charge >= 0.3 is 0 Å². The van der Waals surface area contributed by atoms with Gasteiger partial charge in [0, 0.05) is 13.0 Å². The van der Waals surface area contributed by atoms with Crippen LogP contribution in [0.5, 0.6) is 0 Å².